The summed E-state index contributed by atoms with van der Waals surface area (Å²) in [6.07, 6.45) is 1.51. The average Bonchev–Trinajstić information content (AvgIpc) is 2.25. The lowest BCUT2D eigenvalue weighted by Gasteiger charge is -2.03. The molecule has 0 N–H and O–H groups in total. The summed E-state index contributed by atoms with van der Waals surface area (Å²) in [4.78, 5) is 10.5. The van der Waals surface area contributed by atoms with Gasteiger partial charge in [-0.15, -0.1) is 11.8 Å². The molecule has 14 heavy (non-hydrogen) atoms. The highest BCUT2D eigenvalue weighted by Crippen LogP contribution is 2.11. The molecular formula is C12H12O2. The van der Waals surface area contributed by atoms with E-state index in [0.717, 1.165) is 6.29 Å². The van der Waals surface area contributed by atoms with Crippen LogP contribution in [0.5, 0.6) is 5.75 Å². The first-order valence-corrected chi connectivity index (χ1v) is 4.44. The van der Waals surface area contributed by atoms with E-state index in [1.54, 1.807) is 25.1 Å². The molecule has 0 saturated carbocycles. The predicted molar refractivity (Wildman–Crippen MR) is 55.4 cm³/mol. The third-order valence-corrected chi connectivity index (χ3v) is 1.67. The van der Waals surface area contributed by atoms with E-state index in [-0.39, 0.29) is 0 Å². The van der Waals surface area contributed by atoms with Gasteiger partial charge in [-0.1, -0.05) is 12.1 Å². The van der Waals surface area contributed by atoms with E-state index >= 15 is 0 Å². The minimum absolute atomic E-state index is 0.559. The van der Waals surface area contributed by atoms with Gasteiger partial charge < -0.3 is 4.74 Å². The zero-order valence-corrected chi connectivity index (χ0v) is 8.12. The molecule has 0 radical (unpaired) electrons. The molecule has 0 spiro atoms. The number of carbonyl (C=O) groups excluding carboxylic acids is 1. The van der Waals surface area contributed by atoms with Crippen molar-refractivity contribution in [3.05, 3.63) is 29.8 Å². The fourth-order valence-corrected chi connectivity index (χ4v) is 1.02. The van der Waals surface area contributed by atoms with Crippen molar-refractivity contribution in [3.63, 3.8) is 0 Å². The number of rotatable bonds is 4. The molecular weight excluding hydrogens is 176 g/mol. The van der Waals surface area contributed by atoms with Crippen LogP contribution in [0, 0.1) is 11.8 Å². The first-order valence-electron chi connectivity index (χ1n) is 4.44. The van der Waals surface area contributed by atoms with E-state index in [1.165, 1.54) is 0 Å². The summed E-state index contributed by atoms with van der Waals surface area (Å²) in [6, 6.07) is 7.08. The molecule has 2 nitrogen and oxygen atoms in total. The van der Waals surface area contributed by atoms with E-state index < -0.39 is 0 Å². The highest BCUT2D eigenvalue weighted by molar-refractivity contribution is 5.75. The zero-order chi connectivity index (χ0) is 10.2. The predicted octanol–water partition coefficient (Wildman–Crippen LogP) is 2.29. The second-order valence-electron chi connectivity index (χ2n) is 2.72. The number of aldehydes is 1. The first-order chi connectivity index (χ1) is 6.86. The number of hydrogen-bond acceptors (Lipinski definition) is 2. The summed E-state index contributed by atoms with van der Waals surface area (Å²) in [5.74, 6) is 6.41. The molecule has 72 valence electrons. The molecule has 1 aromatic carbocycles. The second kappa shape index (κ2) is 5.82. The Labute approximate surface area is 83.9 Å². The zero-order valence-electron chi connectivity index (χ0n) is 8.12. The van der Waals surface area contributed by atoms with Gasteiger partial charge in [0.25, 0.3) is 0 Å². The average molecular weight is 188 g/mol. The second-order valence-corrected chi connectivity index (χ2v) is 2.72. The maximum Gasteiger partial charge on any atom is 0.150 e. The van der Waals surface area contributed by atoms with Crippen molar-refractivity contribution < 1.29 is 9.53 Å². The van der Waals surface area contributed by atoms with Gasteiger partial charge in [-0.3, -0.25) is 4.79 Å². The Kier molecular flexibility index (Phi) is 4.30. The summed E-state index contributed by atoms with van der Waals surface area (Å²) in [7, 11) is 0. The maximum atomic E-state index is 10.5. The van der Waals surface area contributed by atoms with Gasteiger partial charge in [0.15, 0.2) is 0 Å². The molecule has 0 aliphatic carbocycles. The number of ether oxygens (including phenoxy) is 1. The smallest absolute Gasteiger partial charge is 0.150 e. The third-order valence-electron chi connectivity index (χ3n) is 1.67. The lowest BCUT2D eigenvalue weighted by atomic mass is 10.2. The molecule has 0 saturated heterocycles. The number of benzene rings is 1. The van der Waals surface area contributed by atoms with Gasteiger partial charge in [0.1, 0.15) is 12.0 Å². The minimum atomic E-state index is 0.559. The van der Waals surface area contributed by atoms with Crippen molar-refractivity contribution in [2.24, 2.45) is 0 Å². The van der Waals surface area contributed by atoms with Crippen LogP contribution in [0.1, 0.15) is 23.7 Å². The van der Waals surface area contributed by atoms with Crippen molar-refractivity contribution in [2.45, 2.75) is 13.3 Å². The van der Waals surface area contributed by atoms with Crippen molar-refractivity contribution in [1.82, 2.24) is 0 Å². The monoisotopic (exact) mass is 188 g/mol. The molecule has 0 aliphatic heterocycles. The van der Waals surface area contributed by atoms with Gasteiger partial charge in [0, 0.05) is 12.0 Å². The van der Waals surface area contributed by atoms with E-state index in [0.29, 0.717) is 24.3 Å². The highest BCUT2D eigenvalue weighted by atomic mass is 16.5. The van der Waals surface area contributed by atoms with Crippen LogP contribution in [0.15, 0.2) is 24.3 Å². The van der Waals surface area contributed by atoms with Crippen LogP contribution < -0.4 is 4.74 Å². The molecule has 0 heterocycles. The topological polar surface area (TPSA) is 26.3 Å². The van der Waals surface area contributed by atoms with Crippen molar-refractivity contribution >= 4 is 6.29 Å². The van der Waals surface area contributed by atoms with Crippen LogP contribution in [0.3, 0.4) is 0 Å². The van der Waals surface area contributed by atoms with Crippen molar-refractivity contribution in [1.29, 1.82) is 0 Å². The van der Waals surface area contributed by atoms with Gasteiger partial charge in [-0.2, -0.15) is 0 Å². The Morgan fingerprint density at radius 3 is 3.07 bits per heavy atom. The first kappa shape index (κ1) is 10.3. The van der Waals surface area contributed by atoms with Gasteiger partial charge in [-0.05, 0) is 19.1 Å². The normalized spacial score (nSPS) is 8.64. The Hall–Kier alpha value is -1.75. The van der Waals surface area contributed by atoms with Gasteiger partial charge in [0.05, 0.1) is 6.61 Å². The molecule has 1 rings (SSSR count). The molecule has 2 heteroatoms. The van der Waals surface area contributed by atoms with Crippen LogP contribution in [0.25, 0.3) is 0 Å². The fourth-order valence-electron chi connectivity index (χ4n) is 1.02. The van der Waals surface area contributed by atoms with Gasteiger partial charge >= 0.3 is 0 Å². The largest absolute Gasteiger partial charge is 0.493 e. The molecule has 0 amide bonds. The molecule has 0 fully saturated rings. The molecule has 0 atom stereocenters. The lowest BCUT2D eigenvalue weighted by molar-refractivity contribution is 0.112. The van der Waals surface area contributed by atoms with Crippen LogP contribution in [0.4, 0.5) is 0 Å². The van der Waals surface area contributed by atoms with Crippen LogP contribution in [0.2, 0.25) is 0 Å². The molecule has 0 aliphatic rings. The Morgan fingerprint density at radius 2 is 2.36 bits per heavy atom. The summed E-state index contributed by atoms with van der Waals surface area (Å²) in [5.41, 5.74) is 0.629. The van der Waals surface area contributed by atoms with Gasteiger partial charge in [0.2, 0.25) is 0 Å². The quantitative estimate of drug-likeness (QED) is 0.411. The van der Waals surface area contributed by atoms with Crippen molar-refractivity contribution in [2.75, 3.05) is 6.61 Å². The Morgan fingerprint density at radius 1 is 1.50 bits per heavy atom. The van der Waals surface area contributed by atoms with E-state index in [2.05, 4.69) is 11.8 Å². The summed E-state index contributed by atoms with van der Waals surface area (Å²) >= 11 is 0. The molecule has 1 aromatic rings. The third kappa shape index (κ3) is 3.32. The van der Waals surface area contributed by atoms with E-state index in [9.17, 15) is 4.79 Å². The maximum absolute atomic E-state index is 10.5. The van der Waals surface area contributed by atoms with E-state index in [4.69, 9.17) is 4.74 Å². The summed E-state index contributed by atoms with van der Waals surface area (Å²) in [6.45, 7) is 2.36. The van der Waals surface area contributed by atoms with E-state index in [1.807, 2.05) is 6.07 Å². The summed E-state index contributed by atoms with van der Waals surface area (Å²) in [5, 5.41) is 0. The number of hydrogen-bond donors (Lipinski definition) is 0. The molecule has 0 unspecified atom stereocenters. The molecule has 0 bridgehead atoms. The SMILES string of the molecule is CC#CCCOc1cccc(C=O)c1. The van der Waals surface area contributed by atoms with Crippen LogP contribution >= 0.6 is 0 Å². The van der Waals surface area contributed by atoms with Crippen LogP contribution in [-0.2, 0) is 0 Å². The van der Waals surface area contributed by atoms with Crippen LogP contribution in [-0.4, -0.2) is 12.9 Å². The molecule has 0 aromatic heterocycles. The van der Waals surface area contributed by atoms with Gasteiger partial charge in [-0.25, -0.2) is 0 Å². The Bertz CT molecular complexity index is 358. The Balaban J connectivity index is 2.48. The number of carbonyl (C=O) groups is 1. The highest BCUT2D eigenvalue weighted by Gasteiger charge is 1.94. The lowest BCUT2D eigenvalue weighted by Crippen LogP contribution is -1.96. The minimum Gasteiger partial charge on any atom is -0.493 e. The summed E-state index contributed by atoms with van der Waals surface area (Å²) < 4.78 is 5.39. The fraction of sp³-hybridized carbons (Fsp3) is 0.250. The van der Waals surface area contributed by atoms with Crippen molar-refractivity contribution in [3.8, 4) is 17.6 Å². The standard InChI is InChI=1S/C12H12O2/c1-2-3-4-8-14-12-7-5-6-11(9-12)10-13/h5-7,9-10H,4,8H2,1H3.